The second-order valence-electron chi connectivity index (χ2n) is 8.22. The zero-order valence-corrected chi connectivity index (χ0v) is 19.5. The smallest absolute Gasteiger partial charge is 0.274 e. The minimum Gasteiger partial charge on any atom is -0.389 e. The summed E-state index contributed by atoms with van der Waals surface area (Å²) in [5.41, 5.74) is 4.46. The summed E-state index contributed by atoms with van der Waals surface area (Å²) in [5.74, 6) is -3.87. The summed E-state index contributed by atoms with van der Waals surface area (Å²) in [6.45, 7) is 3.12. The normalized spacial score (nSPS) is 16.6. The molecule has 11 heteroatoms. The van der Waals surface area contributed by atoms with Crippen LogP contribution in [-0.2, 0) is 11.8 Å². The molecule has 2 aromatic heterocycles. The highest BCUT2D eigenvalue weighted by atomic mass is 19.1. The first-order valence-electron chi connectivity index (χ1n) is 11.1. The van der Waals surface area contributed by atoms with E-state index >= 15 is 0 Å². The van der Waals surface area contributed by atoms with Gasteiger partial charge in [-0.1, -0.05) is 0 Å². The van der Waals surface area contributed by atoms with E-state index in [0.29, 0.717) is 11.7 Å². The molecule has 4 N–H and O–H groups in total. The zero-order valence-electron chi connectivity index (χ0n) is 19.5. The van der Waals surface area contributed by atoms with Gasteiger partial charge in [-0.15, -0.1) is 0 Å². The number of rotatable bonds is 4. The number of carbonyl (C=O) groups excluding carboxylic acids is 1. The monoisotopic (exact) mass is 491 g/mol. The molecular formula is C24H28F3N5O3. The van der Waals surface area contributed by atoms with Crippen molar-refractivity contribution in [3.05, 3.63) is 65.4 Å². The maximum absolute atomic E-state index is 14.4. The summed E-state index contributed by atoms with van der Waals surface area (Å²) >= 11 is 0. The molecular weight excluding hydrogens is 463 g/mol. The van der Waals surface area contributed by atoms with E-state index in [1.165, 1.54) is 24.0 Å². The number of benzene rings is 1. The number of anilines is 1. The first kappa shape index (κ1) is 26.3. The SMILES string of the molecule is CC(O)c1cc(F)c(-c2nc(C(=O)Nc3cnn(C)c3)ccc2F)c(F)c1.NC1CCCOCC1. The van der Waals surface area contributed by atoms with E-state index < -0.39 is 40.7 Å². The fourth-order valence-corrected chi connectivity index (χ4v) is 3.41. The maximum Gasteiger partial charge on any atom is 0.274 e. The van der Waals surface area contributed by atoms with E-state index in [1.807, 2.05) is 0 Å². The summed E-state index contributed by atoms with van der Waals surface area (Å²) in [6, 6.07) is 4.20. The summed E-state index contributed by atoms with van der Waals surface area (Å²) in [5, 5.41) is 15.9. The number of aliphatic hydroxyl groups is 1. The zero-order chi connectivity index (χ0) is 25.5. The Kier molecular flexibility index (Phi) is 8.96. The minimum absolute atomic E-state index is 0.000339. The van der Waals surface area contributed by atoms with Crippen molar-refractivity contribution in [1.29, 1.82) is 0 Å². The van der Waals surface area contributed by atoms with Crippen LogP contribution >= 0.6 is 0 Å². The number of nitrogens with zero attached hydrogens (tertiary/aromatic N) is 3. The molecule has 0 radical (unpaired) electrons. The number of ether oxygens (including phenoxy) is 1. The van der Waals surface area contributed by atoms with Gasteiger partial charge in [0.2, 0.25) is 0 Å². The van der Waals surface area contributed by atoms with Crippen molar-refractivity contribution >= 4 is 11.6 Å². The van der Waals surface area contributed by atoms with E-state index in [1.54, 1.807) is 7.05 Å². The lowest BCUT2D eigenvalue weighted by Crippen LogP contribution is -2.19. The van der Waals surface area contributed by atoms with Crippen LogP contribution in [0.4, 0.5) is 18.9 Å². The third-order valence-electron chi connectivity index (χ3n) is 5.32. The van der Waals surface area contributed by atoms with Crippen LogP contribution in [0.5, 0.6) is 0 Å². The number of hydrogen-bond donors (Lipinski definition) is 3. The van der Waals surface area contributed by atoms with Crippen LogP contribution in [-0.4, -0.2) is 45.0 Å². The molecule has 3 aromatic rings. The number of aryl methyl sites for hydroxylation is 1. The van der Waals surface area contributed by atoms with Crippen LogP contribution < -0.4 is 11.1 Å². The highest BCUT2D eigenvalue weighted by Gasteiger charge is 2.21. The standard InChI is InChI=1S/C18H15F3N4O2.C6H13NO/c1-9(26)10-5-13(20)16(14(21)6-10)17-12(19)3-4-15(24-17)18(27)23-11-7-22-25(2)8-11;7-6-2-1-4-8-5-3-6/h3-9,26H,1-2H3,(H,23,27);6H,1-5,7H2. The number of amides is 1. The van der Waals surface area contributed by atoms with Crippen LogP contribution in [0.15, 0.2) is 36.7 Å². The van der Waals surface area contributed by atoms with Gasteiger partial charge in [0, 0.05) is 32.5 Å². The van der Waals surface area contributed by atoms with Crippen LogP contribution in [0.3, 0.4) is 0 Å². The number of aromatic nitrogens is 3. The Labute approximate surface area is 200 Å². The molecule has 1 fully saturated rings. The van der Waals surface area contributed by atoms with E-state index in [2.05, 4.69) is 15.4 Å². The fraction of sp³-hybridized carbons (Fsp3) is 0.375. The summed E-state index contributed by atoms with van der Waals surface area (Å²) in [6.07, 6.45) is 5.16. The highest BCUT2D eigenvalue weighted by molar-refractivity contribution is 6.03. The predicted octanol–water partition coefficient (Wildman–Crippen LogP) is 3.72. The van der Waals surface area contributed by atoms with Gasteiger partial charge in [-0.3, -0.25) is 9.48 Å². The van der Waals surface area contributed by atoms with Crippen molar-refractivity contribution in [3.8, 4) is 11.3 Å². The Morgan fingerprint density at radius 3 is 2.54 bits per heavy atom. The molecule has 3 heterocycles. The topological polar surface area (TPSA) is 115 Å². The van der Waals surface area contributed by atoms with Gasteiger partial charge < -0.3 is 20.9 Å². The summed E-state index contributed by atoms with van der Waals surface area (Å²) in [7, 11) is 1.66. The largest absolute Gasteiger partial charge is 0.389 e. The van der Waals surface area contributed by atoms with Gasteiger partial charge in [-0.05, 0) is 56.0 Å². The Morgan fingerprint density at radius 2 is 1.91 bits per heavy atom. The van der Waals surface area contributed by atoms with Crippen LogP contribution in [0, 0.1) is 17.5 Å². The molecule has 8 nitrogen and oxygen atoms in total. The van der Waals surface area contributed by atoms with E-state index in [0.717, 1.165) is 56.7 Å². The summed E-state index contributed by atoms with van der Waals surface area (Å²) in [4.78, 5) is 16.1. The first-order valence-corrected chi connectivity index (χ1v) is 11.1. The van der Waals surface area contributed by atoms with Crippen molar-refractivity contribution in [3.63, 3.8) is 0 Å². The molecule has 1 aliphatic rings. The molecule has 0 saturated carbocycles. The lowest BCUT2D eigenvalue weighted by Gasteiger charge is -2.11. The van der Waals surface area contributed by atoms with Crippen LogP contribution in [0.25, 0.3) is 11.3 Å². The summed E-state index contributed by atoms with van der Waals surface area (Å²) < 4.78 is 49.5. The Balaban J connectivity index is 0.000000363. The molecule has 1 aliphatic heterocycles. The minimum atomic E-state index is -1.10. The van der Waals surface area contributed by atoms with Gasteiger partial charge in [-0.2, -0.15) is 5.10 Å². The van der Waals surface area contributed by atoms with Gasteiger partial charge in [0.15, 0.2) is 0 Å². The number of hydrogen-bond acceptors (Lipinski definition) is 6. The molecule has 0 spiro atoms. The molecule has 35 heavy (non-hydrogen) atoms. The Morgan fingerprint density at radius 1 is 1.20 bits per heavy atom. The molecule has 1 aromatic carbocycles. The van der Waals surface area contributed by atoms with E-state index in [9.17, 15) is 23.1 Å². The Hall–Kier alpha value is -3.28. The lowest BCUT2D eigenvalue weighted by atomic mass is 10.0. The van der Waals surface area contributed by atoms with Crippen molar-refractivity contribution in [2.45, 2.75) is 38.3 Å². The number of nitrogens with two attached hydrogens (primary N) is 1. The second kappa shape index (κ2) is 11.9. The van der Waals surface area contributed by atoms with Crippen LogP contribution in [0.2, 0.25) is 0 Å². The van der Waals surface area contributed by atoms with Crippen molar-refractivity contribution in [2.75, 3.05) is 18.5 Å². The molecule has 1 amide bonds. The van der Waals surface area contributed by atoms with Gasteiger partial charge in [0.1, 0.15) is 28.8 Å². The quantitative estimate of drug-likeness (QED) is 0.513. The van der Waals surface area contributed by atoms with E-state index in [-0.39, 0.29) is 11.3 Å². The van der Waals surface area contributed by atoms with E-state index in [4.69, 9.17) is 10.5 Å². The Bertz CT molecular complexity index is 1140. The average molecular weight is 492 g/mol. The van der Waals surface area contributed by atoms with Crippen LogP contribution in [0.1, 0.15) is 48.3 Å². The third kappa shape index (κ3) is 7.10. The molecule has 2 unspecified atom stereocenters. The molecule has 4 rings (SSSR count). The number of pyridine rings is 1. The number of aliphatic hydroxyl groups excluding tert-OH is 1. The van der Waals surface area contributed by atoms with Crippen molar-refractivity contribution in [1.82, 2.24) is 14.8 Å². The lowest BCUT2D eigenvalue weighted by molar-refractivity contribution is 0.102. The average Bonchev–Trinajstić information content (AvgIpc) is 3.05. The van der Waals surface area contributed by atoms with Crippen molar-refractivity contribution < 1.29 is 27.8 Å². The number of nitrogens with one attached hydrogen (secondary N) is 1. The number of halogens is 3. The highest BCUT2D eigenvalue weighted by Crippen LogP contribution is 2.30. The van der Waals surface area contributed by atoms with Gasteiger partial charge in [-0.25, -0.2) is 18.2 Å². The first-order chi connectivity index (χ1) is 16.7. The predicted molar refractivity (Wildman–Crippen MR) is 124 cm³/mol. The maximum atomic E-state index is 14.4. The van der Waals surface area contributed by atoms with Crippen molar-refractivity contribution in [2.24, 2.45) is 12.8 Å². The molecule has 0 aliphatic carbocycles. The molecule has 2 atom stereocenters. The molecule has 0 bridgehead atoms. The fourth-order valence-electron chi connectivity index (χ4n) is 3.41. The second-order valence-corrected chi connectivity index (χ2v) is 8.22. The number of carbonyl (C=O) groups is 1. The molecule has 1 saturated heterocycles. The molecule has 188 valence electrons. The van der Waals surface area contributed by atoms with Gasteiger partial charge in [0.05, 0.1) is 23.6 Å². The van der Waals surface area contributed by atoms with Gasteiger partial charge in [0.25, 0.3) is 5.91 Å². The van der Waals surface area contributed by atoms with Gasteiger partial charge >= 0.3 is 0 Å². The third-order valence-corrected chi connectivity index (χ3v) is 5.32.